The second kappa shape index (κ2) is 4.69. The summed E-state index contributed by atoms with van der Waals surface area (Å²) in [5.41, 5.74) is 0.909. The molecular weight excluding hydrogens is 266 g/mol. The Labute approximate surface area is 122 Å². The van der Waals surface area contributed by atoms with Crippen LogP contribution in [0.2, 0.25) is 0 Å². The van der Waals surface area contributed by atoms with E-state index in [2.05, 4.69) is 10.3 Å². The molecule has 1 aromatic heterocycles. The molecule has 3 atom stereocenters. The van der Waals surface area contributed by atoms with Gasteiger partial charge in [-0.3, -0.25) is 10.1 Å². The minimum atomic E-state index is -0.374. The first-order chi connectivity index (χ1) is 10.2. The highest BCUT2D eigenvalue weighted by atomic mass is 16.6. The summed E-state index contributed by atoms with van der Waals surface area (Å²) in [6.07, 6.45) is 5.34. The molecule has 1 aromatic carbocycles. The fraction of sp³-hybridized carbons (Fsp3) is 0.438. The quantitative estimate of drug-likeness (QED) is 0.688. The Morgan fingerprint density at radius 1 is 1.19 bits per heavy atom. The zero-order valence-electron chi connectivity index (χ0n) is 11.7. The Morgan fingerprint density at radius 2 is 2.10 bits per heavy atom. The van der Waals surface area contributed by atoms with Gasteiger partial charge in [0.2, 0.25) is 0 Å². The van der Waals surface area contributed by atoms with Crippen molar-refractivity contribution in [2.45, 2.75) is 31.7 Å². The molecule has 1 N–H and O–H groups in total. The van der Waals surface area contributed by atoms with Crippen molar-refractivity contribution in [2.24, 2.45) is 11.8 Å². The van der Waals surface area contributed by atoms with E-state index in [4.69, 9.17) is 0 Å². The van der Waals surface area contributed by atoms with Gasteiger partial charge in [0.25, 0.3) is 5.69 Å². The molecule has 2 aliphatic rings. The predicted octanol–water partition coefficient (Wildman–Crippen LogP) is 3.74. The highest BCUT2D eigenvalue weighted by Crippen LogP contribution is 2.45. The lowest BCUT2D eigenvalue weighted by Gasteiger charge is -2.23. The first-order valence-electron chi connectivity index (χ1n) is 7.51. The van der Waals surface area contributed by atoms with Crippen LogP contribution in [0.4, 0.5) is 11.5 Å². The molecule has 2 aliphatic carbocycles. The average Bonchev–Trinajstić information content (AvgIpc) is 3.09. The Morgan fingerprint density at radius 3 is 2.81 bits per heavy atom. The van der Waals surface area contributed by atoms with Crippen LogP contribution in [0, 0.1) is 22.0 Å². The van der Waals surface area contributed by atoms with Gasteiger partial charge in [0.1, 0.15) is 5.82 Å². The molecule has 21 heavy (non-hydrogen) atoms. The van der Waals surface area contributed by atoms with Crippen molar-refractivity contribution in [1.29, 1.82) is 0 Å². The van der Waals surface area contributed by atoms with Crippen LogP contribution in [0.1, 0.15) is 25.7 Å². The van der Waals surface area contributed by atoms with Crippen LogP contribution in [0.5, 0.6) is 0 Å². The summed E-state index contributed by atoms with van der Waals surface area (Å²) in [6.45, 7) is 0. The monoisotopic (exact) mass is 283 g/mol. The Bertz CT molecular complexity index is 716. The van der Waals surface area contributed by atoms with Gasteiger partial charge < -0.3 is 5.32 Å². The molecule has 2 fully saturated rings. The van der Waals surface area contributed by atoms with Gasteiger partial charge in [0.15, 0.2) is 0 Å². The Kier molecular flexibility index (Phi) is 2.80. The van der Waals surface area contributed by atoms with Gasteiger partial charge in [-0.25, -0.2) is 4.98 Å². The Hall–Kier alpha value is -2.17. The third-order valence-electron chi connectivity index (χ3n) is 4.95. The summed E-state index contributed by atoms with van der Waals surface area (Å²) in [5, 5.41) is 15.2. The minimum Gasteiger partial charge on any atom is -0.367 e. The molecule has 2 bridgehead atoms. The summed E-state index contributed by atoms with van der Waals surface area (Å²) < 4.78 is 0. The molecule has 2 aromatic rings. The number of pyridine rings is 1. The SMILES string of the molecule is O=[N+]([O-])c1ccc2nc(NC3CC4CCC3C4)ccc2c1. The van der Waals surface area contributed by atoms with E-state index in [0.29, 0.717) is 6.04 Å². The highest BCUT2D eigenvalue weighted by molar-refractivity contribution is 5.82. The summed E-state index contributed by atoms with van der Waals surface area (Å²) in [6, 6.07) is 9.19. The van der Waals surface area contributed by atoms with E-state index in [1.807, 2.05) is 12.1 Å². The number of hydrogen-bond donors (Lipinski definition) is 1. The number of hydrogen-bond acceptors (Lipinski definition) is 4. The van der Waals surface area contributed by atoms with Gasteiger partial charge in [-0.05, 0) is 49.3 Å². The largest absolute Gasteiger partial charge is 0.367 e. The first-order valence-corrected chi connectivity index (χ1v) is 7.51. The van der Waals surface area contributed by atoms with Crippen LogP contribution in [0.3, 0.4) is 0 Å². The molecule has 0 saturated heterocycles. The fourth-order valence-electron chi connectivity index (χ4n) is 3.92. The van der Waals surface area contributed by atoms with Crippen LogP contribution in [-0.2, 0) is 0 Å². The van der Waals surface area contributed by atoms with E-state index in [1.54, 1.807) is 12.1 Å². The second-order valence-electron chi connectivity index (χ2n) is 6.26. The van der Waals surface area contributed by atoms with Crippen LogP contribution in [0.25, 0.3) is 10.9 Å². The van der Waals surface area contributed by atoms with Crippen molar-refractivity contribution >= 4 is 22.4 Å². The predicted molar refractivity (Wildman–Crippen MR) is 81.3 cm³/mol. The third-order valence-corrected chi connectivity index (χ3v) is 4.95. The van der Waals surface area contributed by atoms with Gasteiger partial charge in [0.05, 0.1) is 10.4 Å². The molecule has 5 heteroatoms. The molecule has 0 radical (unpaired) electrons. The molecule has 2 saturated carbocycles. The normalized spacial score (nSPS) is 27.1. The number of nitrogens with one attached hydrogen (secondary N) is 1. The van der Waals surface area contributed by atoms with Gasteiger partial charge in [-0.15, -0.1) is 0 Å². The molecule has 0 aliphatic heterocycles. The van der Waals surface area contributed by atoms with Crippen molar-refractivity contribution in [1.82, 2.24) is 4.98 Å². The summed E-state index contributed by atoms with van der Waals surface area (Å²) >= 11 is 0. The maximum absolute atomic E-state index is 10.8. The number of benzene rings is 1. The number of nitro benzene ring substituents is 1. The van der Waals surface area contributed by atoms with E-state index in [1.165, 1.54) is 31.7 Å². The molecule has 5 nitrogen and oxygen atoms in total. The third kappa shape index (κ3) is 2.22. The van der Waals surface area contributed by atoms with Gasteiger partial charge in [-0.2, -0.15) is 0 Å². The first kappa shape index (κ1) is 12.6. The number of nitrogens with zero attached hydrogens (tertiary/aromatic N) is 2. The zero-order valence-corrected chi connectivity index (χ0v) is 11.7. The molecule has 0 amide bonds. The van der Waals surface area contributed by atoms with Crippen LogP contribution in [-0.4, -0.2) is 15.9 Å². The molecular formula is C16H17N3O2. The minimum absolute atomic E-state index is 0.109. The number of nitro groups is 1. The van der Waals surface area contributed by atoms with E-state index in [-0.39, 0.29) is 10.6 Å². The number of aromatic nitrogens is 1. The maximum atomic E-state index is 10.8. The molecule has 3 unspecified atom stereocenters. The van der Waals surface area contributed by atoms with Crippen molar-refractivity contribution in [3.8, 4) is 0 Å². The van der Waals surface area contributed by atoms with Gasteiger partial charge in [0, 0.05) is 23.6 Å². The number of fused-ring (bicyclic) bond motifs is 3. The molecule has 0 spiro atoms. The lowest BCUT2D eigenvalue weighted by molar-refractivity contribution is -0.384. The topological polar surface area (TPSA) is 68.1 Å². The Balaban J connectivity index is 1.59. The lowest BCUT2D eigenvalue weighted by atomic mass is 9.95. The van der Waals surface area contributed by atoms with E-state index in [0.717, 1.165) is 28.6 Å². The van der Waals surface area contributed by atoms with E-state index < -0.39 is 0 Å². The van der Waals surface area contributed by atoms with Crippen molar-refractivity contribution < 1.29 is 4.92 Å². The van der Waals surface area contributed by atoms with E-state index in [9.17, 15) is 10.1 Å². The number of rotatable bonds is 3. The zero-order chi connectivity index (χ0) is 14.4. The molecule has 108 valence electrons. The number of anilines is 1. The van der Waals surface area contributed by atoms with Gasteiger partial charge >= 0.3 is 0 Å². The fourth-order valence-corrected chi connectivity index (χ4v) is 3.92. The standard InChI is InChI=1S/C16H17N3O2/c20-19(21)13-4-5-14-12(9-13)3-6-16(17-14)18-15-8-10-1-2-11(15)7-10/h3-6,9-11,15H,1-2,7-8H2,(H,17,18). The van der Waals surface area contributed by atoms with Crippen LogP contribution in [0.15, 0.2) is 30.3 Å². The molecule has 4 rings (SSSR count). The van der Waals surface area contributed by atoms with Crippen LogP contribution >= 0.6 is 0 Å². The van der Waals surface area contributed by atoms with Crippen molar-refractivity contribution in [2.75, 3.05) is 5.32 Å². The summed E-state index contributed by atoms with van der Waals surface area (Å²) in [5.74, 6) is 2.58. The maximum Gasteiger partial charge on any atom is 0.270 e. The van der Waals surface area contributed by atoms with Crippen molar-refractivity contribution in [3.63, 3.8) is 0 Å². The average molecular weight is 283 g/mol. The summed E-state index contributed by atoms with van der Waals surface area (Å²) in [7, 11) is 0. The van der Waals surface area contributed by atoms with Crippen molar-refractivity contribution in [3.05, 3.63) is 40.4 Å². The highest BCUT2D eigenvalue weighted by Gasteiger charge is 2.39. The smallest absolute Gasteiger partial charge is 0.270 e. The van der Waals surface area contributed by atoms with Crippen LogP contribution < -0.4 is 5.32 Å². The lowest BCUT2D eigenvalue weighted by Crippen LogP contribution is -2.26. The number of non-ortho nitro benzene ring substituents is 1. The van der Waals surface area contributed by atoms with E-state index >= 15 is 0 Å². The second-order valence-corrected chi connectivity index (χ2v) is 6.26. The summed E-state index contributed by atoms with van der Waals surface area (Å²) in [4.78, 5) is 15.0. The van der Waals surface area contributed by atoms with Gasteiger partial charge in [-0.1, -0.05) is 6.42 Å². The molecule has 1 heterocycles.